The summed E-state index contributed by atoms with van der Waals surface area (Å²) in [5.74, 6) is -2.06. The third kappa shape index (κ3) is 5.94. The van der Waals surface area contributed by atoms with Gasteiger partial charge in [0.1, 0.15) is 11.6 Å². The molecule has 9 nitrogen and oxygen atoms in total. The summed E-state index contributed by atoms with van der Waals surface area (Å²) in [5.41, 5.74) is 0.337. The first-order valence-electron chi connectivity index (χ1n) is 8.16. The van der Waals surface area contributed by atoms with Crippen LogP contribution in [0.25, 0.3) is 0 Å². The van der Waals surface area contributed by atoms with E-state index < -0.39 is 29.2 Å². The largest absolute Gasteiger partial charge is 0.497 e. The Morgan fingerprint density at radius 3 is 2.46 bits per heavy atom. The molecule has 0 fully saturated rings. The second kappa shape index (κ2) is 9.86. The average Bonchev–Trinajstić information content (AvgIpc) is 2.69. The molecule has 0 radical (unpaired) electrons. The van der Waals surface area contributed by atoms with Crippen molar-refractivity contribution in [2.45, 2.75) is 0 Å². The minimum atomic E-state index is -0.959. The number of nitrogens with one attached hydrogen (secondary N) is 2. The Bertz CT molecular complexity index is 857. The van der Waals surface area contributed by atoms with Crippen LogP contribution in [0.15, 0.2) is 42.5 Å². The number of hydrogen-bond donors (Lipinski definition) is 2. The normalized spacial score (nSPS) is 10.1. The van der Waals surface area contributed by atoms with E-state index in [0.29, 0.717) is 12.2 Å². The summed E-state index contributed by atoms with van der Waals surface area (Å²) >= 11 is 0. The fourth-order valence-electron chi connectivity index (χ4n) is 2.16. The molecule has 10 heteroatoms. The first-order valence-corrected chi connectivity index (χ1v) is 8.16. The van der Waals surface area contributed by atoms with Gasteiger partial charge in [-0.3, -0.25) is 14.9 Å². The van der Waals surface area contributed by atoms with Gasteiger partial charge in [-0.15, -0.1) is 0 Å². The number of nitro benzene ring substituents is 1. The molecule has 0 spiro atoms. The molecule has 0 aliphatic rings. The standard InChI is InChI=1S/C18H18FN3O6/c1-27-14-6-7-15(16(19)10-14)18(24)28-11-17(23)21-9-8-20-12-2-4-13(5-3-12)22(25)26/h2-7,10,20H,8-9,11H2,1H3,(H,21,23). The van der Waals surface area contributed by atoms with Crippen LogP contribution >= 0.6 is 0 Å². The van der Waals surface area contributed by atoms with Gasteiger partial charge < -0.3 is 20.1 Å². The van der Waals surface area contributed by atoms with Gasteiger partial charge >= 0.3 is 5.97 Å². The van der Waals surface area contributed by atoms with Crippen LogP contribution in [0.3, 0.4) is 0 Å². The summed E-state index contributed by atoms with van der Waals surface area (Å²) in [7, 11) is 1.37. The second-order valence-electron chi connectivity index (χ2n) is 5.50. The topological polar surface area (TPSA) is 120 Å². The lowest BCUT2D eigenvalue weighted by Crippen LogP contribution is -2.32. The van der Waals surface area contributed by atoms with Crippen LogP contribution in [0.2, 0.25) is 0 Å². The molecular weight excluding hydrogens is 373 g/mol. The highest BCUT2D eigenvalue weighted by Crippen LogP contribution is 2.17. The zero-order valence-electron chi connectivity index (χ0n) is 14.9. The SMILES string of the molecule is COc1ccc(C(=O)OCC(=O)NCCNc2ccc([N+](=O)[O-])cc2)c(F)c1. The van der Waals surface area contributed by atoms with Gasteiger partial charge in [0.05, 0.1) is 17.6 Å². The fraction of sp³-hybridized carbons (Fsp3) is 0.222. The molecule has 0 saturated carbocycles. The number of methoxy groups -OCH3 is 1. The van der Waals surface area contributed by atoms with Crippen LogP contribution in [0, 0.1) is 15.9 Å². The van der Waals surface area contributed by atoms with Gasteiger partial charge in [-0.05, 0) is 24.3 Å². The number of benzene rings is 2. The van der Waals surface area contributed by atoms with Gasteiger partial charge in [-0.1, -0.05) is 0 Å². The predicted octanol–water partition coefficient (Wildman–Crippen LogP) is 2.13. The summed E-state index contributed by atoms with van der Waals surface area (Å²) < 4.78 is 23.4. The highest BCUT2D eigenvalue weighted by Gasteiger charge is 2.15. The van der Waals surface area contributed by atoms with E-state index in [-0.39, 0.29) is 23.5 Å². The Hall–Kier alpha value is -3.69. The van der Waals surface area contributed by atoms with Crippen molar-refractivity contribution in [3.05, 3.63) is 64.0 Å². The van der Waals surface area contributed by atoms with E-state index in [4.69, 9.17) is 9.47 Å². The smallest absolute Gasteiger partial charge is 0.341 e. The minimum Gasteiger partial charge on any atom is -0.497 e. The Labute approximate surface area is 159 Å². The Balaban J connectivity index is 1.69. The average molecular weight is 391 g/mol. The summed E-state index contributed by atoms with van der Waals surface area (Å²) in [6, 6.07) is 9.47. The fourth-order valence-corrected chi connectivity index (χ4v) is 2.16. The van der Waals surface area contributed by atoms with E-state index in [1.54, 1.807) is 12.1 Å². The Morgan fingerprint density at radius 2 is 1.86 bits per heavy atom. The van der Waals surface area contributed by atoms with E-state index in [1.165, 1.54) is 31.4 Å². The van der Waals surface area contributed by atoms with Gasteiger partial charge in [0.25, 0.3) is 11.6 Å². The van der Waals surface area contributed by atoms with Crippen molar-refractivity contribution >= 4 is 23.3 Å². The number of anilines is 1. The summed E-state index contributed by atoms with van der Waals surface area (Å²) in [4.78, 5) is 33.6. The molecule has 148 valence electrons. The number of carbonyl (C=O) groups excluding carboxylic acids is 2. The molecule has 0 atom stereocenters. The molecule has 0 aliphatic carbocycles. The zero-order valence-corrected chi connectivity index (χ0v) is 14.9. The van der Waals surface area contributed by atoms with E-state index in [0.717, 1.165) is 6.07 Å². The lowest BCUT2D eigenvalue weighted by molar-refractivity contribution is -0.384. The summed E-state index contributed by atoms with van der Waals surface area (Å²) in [5, 5.41) is 16.1. The molecule has 0 aromatic heterocycles. The number of ether oxygens (including phenoxy) is 2. The van der Waals surface area contributed by atoms with Crippen LogP contribution in [-0.2, 0) is 9.53 Å². The van der Waals surface area contributed by atoms with Gasteiger partial charge in [0.15, 0.2) is 6.61 Å². The minimum absolute atomic E-state index is 0.0195. The highest BCUT2D eigenvalue weighted by molar-refractivity contribution is 5.91. The number of amides is 1. The van der Waals surface area contributed by atoms with Crippen molar-refractivity contribution in [3.8, 4) is 5.75 Å². The molecule has 2 N–H and O–H groups in total. The monoisotopic (exact) mass is 391 g/mol. The maximum Gasteiger partial charge on any atom is 0.341 e. The Kier molecular flexibility index (Phi) is 7.26. The lowest BCUT2D eigenvalue weighted by atomic mass is 10.2. The van der Waals surface area contributed by atoms with Crippen LogP contribution in [0.1, 0.15) is 10.4 Å². The summed E-state index contributed by atoms with van der Waals surface area (Å²) in [6.45, 7) is 0.0245. The molecule has 2 rings (SSSR count). The molecule has 2 aromatic rings. The first kappa shape index (κ1) is 20.6. The van der Waals surface area contributed by atoms with Gasteiger partial charge in [0, 0.05) is 37.0 Å². The number of rotatable bonds is 9. The molecule has 0 unspecified atom stereocenters. The van der Waals surface area contributed by atoms with Crippen molar-refractivity contribution in [1.29, 1.82) is 0 Å². The van der Waals surface area contributed by atoms with E-state index in [1.807, 2.05) is 0 Å². The molecule has 0 heterocycles. The van der Waals surface area contributed by atoms with Crippen molar-refractivity contribution in [2.24, 2.45) is 0 Å². The van der Waals surface area contributed by atoms with Crippen LogP contribution in [0.4, 0.5) is 15.8 Å². The van der Waals surface area contributed by atoms with Crippen LogP contribution in [-0.4, -0.2) is 43.6 Å². The van der Waals surface area contributed by atoms with Crippen LogP contribution < -0.4 is 15.4 Å². The number of nitrogens with zero attached hydrogens (tertiary/aromatic N) is 1. The Morgan fingerprint density at radius 1 is 1.14 bits per heavy atom. The maximum absolute atomic E-state index is 13.8. The molecular formula is C18H18FN3O6. The predicted molar refractivity (Wildman–Crippen MR) is 97.8 cm³/mol. The van der Waals surface area contributed by atoms with E-state index in [9.17, 15) is 24.1 Å². The number of nitro groups is 1. The van der Waals surface area contributed by atoms with Crippen molar-refractivity contribution in [1.82, 2.24) is 5.32 Å². The number of halogens is 1. The lowest BCUT2D eigenvalue weighted by Gasteiger charge is -2.09. The van der Waals surface area contributed by atoms with Gasteiger partial charge in [0.2, 0.25) is 0 Å². The van der Waals surface area contributed by atoms with Crippen LogP contribution in [0.5, 0.6) is 5.75 Å². The third-order valence-electron chi connectivity index (χ3n) is 3.58. The number of esters is 1. The van der Waals surface area contributed by atoms with Gasteiger partial charge in [-0.2, -0.15) is 0 Å². The third-order valence-corrected chi connectivity index (χ3v) is 3.58. The molecule has 2 aromatic carbocycles. The van der Waals surface area contributed by atoms with Crippen molar-refractivity contribution < 1.29 is 28.4 Å². The maximum atomic E-state index is 13.8. The molecule has 28 heavy (non-hydrogen) atoms. The van der Waals surface area contributed by atoms with E-state index >= 15 is 0 Å². The zero-order chi connectivity index (χ0) is 20.5. The number of hydrogen-bond acceptors (Lipinski definition) is 7. The van der Waals surface area contributed by atoms with E-state index in [2.05, 4.69) is 10.6 Å². The van der Waals surface area contributed by atoms with Crippen molar-refractivity contribution in [3.63, 3.8) is 0 Å². The molecule has 1 amide bonds. The number of non-ortho nitro benzene ring substituents is 1. The first-order chi connectivity index (χ1) is 13.4. The quantitative estimate of drug-likeness (QED) is 0.291. The highest BCUT2D eigenvalue weighted by atomic mass is 19.1. The van der Waals surface area contributed by atoms with Gasteiger partial charge in [-0.25, -0.2) is 9.18 Å². The molecule has 0 bridgehead atoms. The molecule has 0 aliphatic heterocycles. The summed E-state index contributed by atoms with van der Waals surface area (Å²) in [6.07, 6.45) is 0. The second-order valence-corrected chi connectivity index (χ2v) is 5.50. The van der Waals surface area contributed by atoms with Crippen molar-refractivity contribution in [2.75, 3.05) is 32.1 Å². The number of carbonyl (C=O) groups is 2. The molecule has 0 saturated heterocycles.